The summed E-state index contributed by atoms with van der Waals surface area (Å²) in [7, 11) is 14.9. The zero-order valence-electron chi connectivity index (χ0n) is 6.39. The molecule has 1 N–H and O–H groups in total. The fraction of sp³-hybridized carbons (Fsp3) is 0.143. The van der Waals surface area contributed by atoms with E-state index >= 15 is 0 Å². The molecule has 12 heavy (non-hydrogen) atoms. The summed E-state index contributed by atoms with van der Waals surface area (Å²) >= 11 is -1.92. The minimum atomic E-state index is -1.92. The van der Waals surface area contributed by atoms with Crippen LogP contribution >= 0.6 is 27.9 Å². The van der Waals surface area contributed by atoms with E-state index in [0.29, 0.717) is 5.75 Å². The summed E-state index contributed by atoms with van der Waals surface area (Å²) in [6.07, 6.45) is 0. The van der Waals surface area contributed by atoms with E-state index in [2.05, 4.69) is 0 Å². The normalized spacial score (nSPS) is 8.33. The number of phenolic OH excluding ortho intramolecular Hbond substituents is 1. The third kappa shape index (κ3) is 8.70. The van der Waals surface area contributed by atoms with Gasteiger partial charge in [0.25, 0.3) is 0 Å². The van der Waals surface area contributed by atoms with Crippen molar-refractivity contribution in [3.05, 3.63) is 29.8 Å². The van der Waals surface area contributed by atoms with Crippen LogP contribution in [0.25, 0.3) is 0 Å². The van der Waals surface area contributed by atoms with Gasteiger partial charge in [-0.25, -0.2) is 0 Å². The maximum atomic E-state index is 8.76. The first-order valence-electron chi connectivity index (χ1n) is 3.11. The molecule has 1 aromatic carbocycles. The van der Waals surface area contributed by atoms with Crippen molar-refractivity contribution in [2.45, 2.75) is 6.92 Å². The van der Waals surface area contributed by atoms with E-state index in [-0.39, 0.29) is 0 Å². The zero-order chi connectivity index (χ0) is 9.56. The van der Waals surface area contributed by atoms with Crippen LogP contribution in [0.5, 0.6) is 5.75 Å². The Kier molecular flexibility index (Phi) is 7.41. The molecule has 67 valence electrons. The molecule has 1 nitrogen and oxygen atoms in total. The fourth-order valence-electron chi connectivity index (χ4n) is 0.545. The molecule has 0 atom stereocenters. The van der Waals surface area contributed by atoms with Gasteiger partial charge < -0.3 is 5.11 Å². The summed E-state index contributed by atoms with van der Waals surface area (Å²) in [5.41, 5.74) is 1.17. The van der Waals surface area contributed by atoms with Crippen molar-refractivity contribution in [1.29, 1.82) is 0 Å². The molecule has 0 amide bonds. The molecule has 0 spiro atoms. The van der Waals surface area contributed by atoms with Gasteiger partial charge in [-0.3, -0.25) is 0 Å². The van der Waals surface area contributed by atoms with Crippen LogP contribution in [0.2, 0.25) is 0 Å². The number of rotatable bonds is 0. The topological polar surface area (TPSA) is 20.2 Å². The van der Waals surface area contributed by atoms with Gasteiger partial charge in [0.15, 0.2) is 0 Å². The number of aromatic hydroxyl groups is 1. The van der Waals surface area contributed by atoms with E-state index in [1.807, 2.05) is 19.1 Å². The Labute approximate surface area is 89.7 Å². The first kappa shape index (κ1) is 12.6. The van der Waals surface area contributed by atoms with Gasteiger partial charge in [-0.05, 0) is 19.1 Å². The van der Waals surface area contributed by atoms with Gasteiger partial charge in [0.05, 0.1) is 0 Å². The first-order valence-corrected chi connectivity index (χ1v) is 9.56. The van der Waals surface area contributed by atoms with Crippen LogP contribution in [0.4, 0.5) is 0 Å². The Morgan fingerprint density at radius 1 is 1.08 bits per heavy atom. The van der Waals surface area contributed by atoms with Crippen LogP contribution in [0.3, 0.4) is 0 Å². The van der Waals surface area contributed by atoms with E-state index in [9.17, 15) is 0 Å². The number of hydrogen-bond donors (Lipinski definition) is 1. The van der Waals surface area contributed by atoms with Crippen molar-refractivity contribution in [3.63, 3.8) is 0 Å². The number of phenols is 1. The third-order valence-corrected chi connectivity index (χ3v) is 1.03. The van der Waals surface area contributed by atoms with Crippen LogP contribution in [-0.2, 0) is 14.7 Å². The molecule has 0 heterocycles. The maximum absolute atomic E-state index is 8.76. The van der Waals surface area contributed by atoms with Crippen molar-refractivity contribution < 1.29 is 19.8 Å². The SMILES string of the molecule is Cc1ccc(O)cc1.[Cl][Ti]([Cl])[Cl]. The molecule has 0 saturated heterocycles. The van der Waals surface area contributed by atoms with Crippen molar-refractivity contribution in [1.82, 2.24) is 0 Å². The molecule has 0 aliphatic heterocycles. The van der Waals surface area contributed by atoms with Gasteiger partial charge in [-0.1, -0.05) is 17.7 Å². The summed E-state index contributed by atoms with van der Waals surface area (Å²) in [6, 6.07) is 7.09. The average Bonchev–Trinajstić information content (AvgIpc) is 1.94. The van der Waals surface area contributed by atoms with Crippen LogP contribution in [0, 0.1) is 6.92 Å². The van der Waals surface area contributed by atoms with Crippen molar-refractivity contribution >= 4 is 27.9 Å². The number of benzene rings is 1. The second-order valence-electron chi connectivity index (χ2n) is 2.05. The third-order valence-electron chi connectivity index (χ3n) is 1.03. The molecule has 0 saturated carbocycles. The molecule has 0 aliphatic carbocycles. The van der Waals surface area contributed by atoms with E-state index in [1.165, 1.54) is 5.56 Å². The number of hydrogen-bond acceptors (Lipinski definition) is 1. The second kappa shape index (κ2) is 7.05. The monoisotopic (exact) mass is 261 g/mol. The van der Waals surface area contributed by atoms with Crippen LogP contribution in [-0.4, -0.2) is 5.11 Å². The number of aryl methyl sites for hydroxylation is 1. The van der Waals surface area contributed by atoms with Crippen molar-refractivity contribution in [2.75, 3.05) is 0 Å². The molecular formula is C7H8Cl3OTi. The molecule has 0 unspecified atom stereocenters. The summed E-state index contributed by atoms with van der Waals surface area (Å²) in [6.45, 7) is 1.99. The predicted molar refractivity (Wildman–Crippen MR) is 50.4 cm³/mol. The molecule has 1 rings (SSSR count). The predicted octanol–water partition coefficient (Wildman–Crippen LogP) is 3.77. The summed E-state index contributed by atoms with van der Waals surface area (Å²) < 4.78 is 0. The van der Waals surface area contributed by atoms with Gasteiger partial charge in [0, 0.05) is 0 Å². The van der Waals surface area contributed by atoms with Crippen LogP contribution < -0.4 is 0 Å². The van der Waals surface area contributed by atoms with Crippen molar-refractivity contribution in [2.24, 2.45) is 0 Å². The second-order valence-corrected chi connectivity index (χ2v) is 9.79. The Bertz CT molecular complexity index is 189. The Hall–Kier alpha value is 0.604. The van der Waals surface area contributed by atoms with Gasteiger partial charge in [-0.15, -0.1) is 0 Å². The molecule has 0 radical (unpaired) electrons. The average molecular weight is 262 g/mol. The van der Waals surface area contributed by atoms with E-state index in [1.54, 1.807) is 12.1 Å². The van der Waals surface area contributed by atoms with Gasteiger partial charge in [0.1, 0.15) is 5.75 Å². The molecule has 5 heteroatoms. The summed E-state index contributed by atoms with van der Waals surface area (Å²) in [5, 5.41) is 8.76. The molecule has 0 bridgehead atoms. The van der Waals surface area contributed by atoms with Gasteiger partial charge >= 0.3 is 42.6 Å². The summed E-state index contributed by atoms with van der Waals surface area (Å²) in [5.74, 6) is 0.329. The van der Waals surface area contributed by atoms with E-state index < -0.39 is 14.7 Å². The minimum absolute atomic E-state index is 0.329. The van der Waals surface area contributed by atoms with Crippen LogP contribution in [0.15, 0.2) is 24.3 Å². The quantitative estimate of drug-likeness (QED) is 0.706. The van der Waals surface area contributed by atoms with E-state index in [4.69, 9.17) is 33.0 Å². The molecule has 0 fully saturated rings. The Balaban J connectivity index is 0.000000261. The Morgan fingerprint density at radius 3 is 1.67 bits per heavy atom. The van der Waals surface area contributed by atoms with Crippen LogP contribution in [0.1, 0.15) is 5.56 Å². The molecule has 0 aromatic heterocycles. The summed E-state index contributed by atoms with van der Waals surface area (Å²) in [4.78, 5) is 0. The van der Waals surface area contributed by atoms with E-state index in [0.717, 1.165) is 0 Å². The molecule has 0 aliphatic rings. The Morgan fingerprint density at radius 2 is 1.42 bits per heavy atom. The first-order chi connectivity index (χ1) is 5.52. The standard InChI is InChI=1S/C7H8O.3ClH.Ti/c1-6-2-4-7(8)5-3-6;;;;/h2-5,8H,1H3;3*1H;/q;;;;+3/p-3. The van der Waals surface area contributed by atoms with Gasteiger partial charge in [0.2, 0.25) is 0 Å². The number of halogens is 3. The van der Waals surface area contributed by atoms with Crippen molar-refractivity contribution in [3.8, 4) is 5.75 Å². The fourth-order valence-corrected chi connectivity index (χ4v) is 0.545. The van der Waals surface area contributed by atoms with Gasteiger partial charge in [-0.2, -0.15) is 0 Å². The molecular weight excluding hydrogens is 254 g/mol. The molecule has 1 aromatic rings. The zero-order valence-corrected chi connectivity index (χ0v) is 10.2.